The Labute approximate surface area is 82.8 Å². The molecule has 0 saturated carbocycles. The number of hydrogen-bond acceptors (Lipinski definition) is 0. The van der Waals surface area contributed by atoms with E-state index in [0.717, 1.165) is 10.8 Å². The molecule has 0 bridgehead atoms. The van der Waals surface area contributed by atoms with Gasteiger partial charge in [-0.1, -0.05) is 36.4 Å². The molecule has 0 heterocycles. The van der Waals surface area contributed by atoms with Gasteiger partial charge in [-0.15, -0.1) is 0 Å². The van der Waals surface area contributed by atoms with Crippen molar-refractivity contribution >= 4 is 21.5 Å². The molecule has 0 nitrogen and oxygen atoms in total. The van der Waals surface area contributed by atoms with Gasteiger partial charge in [-0.3, -0.25) is 0 Å². The number of fused-ring (bicyclic) bond motifs is 2. The summed E-state index contributed by atoms with van der Waals surface area (Å²) in [6.07, 6.45) is 0. The van der Waals surface area contributed by atoms with Crippen LogP contribution >= 0.6 is 0 Å². The fourth-order valence-corrected chi connectivity index (χ4v) is 1.65. The van der Waals surface area contributed by atoms with Gasteiger partial charge < -0.3 is 0 Å². The Bertz CT molecular complexity index is 489. The minimum atomic E-state index is 1.03. The molecule has 0 saturated heterocycles. The van der Waals surface area contributed by atoms with Crippen molar-refractivity contribution in [3.8, 4) is 0 Å². The Kier molecular flexibility index (Phi) is 1.54. The zero-order chi connectivity index (χ0) is 9.38. The van der Waals surface area contributed by atoms with Crippen LogP contribution in [-0.4, -0.2) is 0 Å². The molecule has 0 aliphatic rings. The van der Waals surface area contributed by atoms with Crippen LogP contribution in [0.3, 0.4) is 0 Å². The van der Waals surface area contributed by atoms with Crippen molar-refractivity contribution in [1.29, 1.82) is 0 Å². The second-order valence-corrected chi connectivity index (χ2v) is 3.27. The summed E-state index contributed by atoms with van der Waals surface area (Å²) in [5, 5.41) is 4.42. The Balaban J connectivity index is 2.52. The molecule has 0 aliphatic carbocycles. The lowest BCUT2D eigenvalue weighted by Crippen LogP contribution is -1.76. The van der Waals surface area contributed by atoms with Gasteiger partial charge in [0, 0.05) is 0 Å². The van der Waals surface area contributed by atoms with Crippen molar-refractivity contribution in [2.75, 3.05) is 0 Å². The van der Waals surface area contributed by atoms with Crippen LogP contribution in [0.5, 0.6) is 0 Å². The van der Waals surface area contributed by atoms with Gasteiger partial charge in [-0.25, -0.2) is 0 Å². The molecular weight excluding hydrogens is 168 g/mol. The molecule has 0 spiro atoms. The molecule has 3 aromatic carbocycles. The van der Waals surface area contributed by atoms with Crippen LogP contribution < -0.4 is 0 Å². The van der Waals surface area contributed by atoms with E-state index in [1.165, 1.54) is 10.8 Å². The zero-order valence-electron chi connectivity index (χ0n) is 7.54. The third-order valence-electron chi connectivity index (χ3n) is 2.34. The average molecular weight is 175 g/mol. The summed E-state index contributed by atoms with van der Waals surface area (Å²) in [6, 6.07) is 23.7. The highest BCUT2D eigenvalue weighted by Gasteiger charge is 1.96. The number of rotatable bonds is 0. The van der Waals surface area contributed by atoms with Crippen LogP contribution in [0.4, 0.5) is 0 Å². The predicted molar refractivity (Wildman–Crippen MR) is 58.0 cm³/mol. The van der Waals surface area contributed by atoms with Crippen molar-refractivity contribution in [3.05, 3.63) is 60.7 Å². The zero-order valence-corrected chi connectivity index (χ0v) is 7.54. The van der Waals surface area contributed by atoms with Crippen LogP contribution in [-0.2, 0) is 0 Å². The third-order valence-corrected chi connectivity index (χ3v) is 2.34. The van der Waals surface area contributed by atoms with Gasteiger partial charge in [0.2, 0.25) is 0 Å². The van der Waals surface area contributed by atoms with Gasteiger partial charge in [-0.2, -0.15) is 0 Å². The van der Waals surface area contributed by atoms with Crippen LogP contribution in [0.25, 0.3) is 21.5 Å². The lowest BCUT2D eigenvalue weighted by atomic mass is 10.0. The van der Waals surface area contributed by atoms with E-state index in [2.05, 4.69) is 36.4 Å². The van der Waals surface area contributed by atoms with Crippen molar-refractivity contribution in [1.82, 2.24) is 0 Å². The second kappa shape index (κ2) is 2.85. The molecule has 3 aromatic rings. The Morgan fingerprint density at radius 2 is 1.36 bits per heavy atom. The van der Waals surface area contributed by atoms with Gasteiger partial charge in [0.15, 0.2) is 0 Å². The maximum absolute atomic E-state index is 3.30. The number of benzene rings is 3. The summed E-state index contributed by atoms with van der Waals surface area (Å²) in [4.78, 5) is 0. The molecule has 0 aliphatic heterocycles. The fourth-order valence-electron chi connectivity index (χ4n) is 1.65. The highest BCUT2D eigenvalue weighted by Crippen LogP contribution is 2.20. The first kappa shape index (κ1) is 7.57. The van der Waals surface area contributed by atoms with Crippen LogP contribution in [0.15, 0.2) is 42.5 Å². The minimum Gasteiger partial charge on any atom is -0.0610 e. The van der Waals surface area contributed by atoms with E-state index in [4.69, 9.17) is 0 Å². The van der Waals surface area contributed by atoms with Crippen LogP contribution in [0.2, 0.25) is 0 Å². The van der Waals surface area contributed by atoms with E-state index in [0.29, 0.717) is 0 Å². The Morgan fingerprint density at radius 3 is 1.93 bits per heavy atom. The standard InChI is InChI=1S/C14H7/c1-2-6-12-10-14-8-4-3-7-13(14)9-11(12)5-1/h1-5,7,9H. The lowest BCUT2D eigenvalue weighted by molar-refractivity contribution is 1.74. The van der Waals surface area contributed by atoms with Gasteiger partial charge in [-0.05, 0) is 45.8 Å². The summed E-state index contributed by atoms with van der Waals surface area (Å²) in [6.45, 7) is 0. The molecule has 0 atom stereocenters. The third kappa shape index (κ3) is 1.08. The van der Waals surface area contributed by atoms with Gasteiger partial charge in [0.05, 0.1) is 0 Å². The molecular formula is C14H7. The average Bonchev–Trinajstić information content (AvgIpc) is 2.26. The van der Waals surface area contributed by atoms with Gasteiger partial charge in [0.25, 0.3) is 0 Å². The molecule has 0 fully saturated rings. The summed E-state index contributed by atoms with van der Waals surface area (Å²) < 4.78 is 0. The summed E-state index contributed by atoms with van der Waals surface area (Å²) in [7, 11) is 0. The first-order chi connectivity index (χ1) is 6.93. The van der Waals surface area contributed by atoms with Crippen molar-refractivity contribution in [3.63, 3.8) is 0 Å². The summed E-state index contributed by atoms with van der Waals surface area (Å²) in [5.74, 6) is 0. The molecule has 0 N–H and O–H groups in total. The largest absolute Gasteiger partial charge is 0.0610 e. The van der Waals surface area contributed by atoms with E-state index in [1.54, 1.807) is 0 Å². The van der Waals surface area contributed by atoms with Crippen molar-refractivity contribution < 1.29 is 0 Å². The van der Waals surface area contributed by atoms with E-state index in [1.807, 2.05) is 24.3 Å². The van der Waals surface area contributed by atoms with E-state index < -0.39 is 0 Å². The molecule has 63 valence electrons. The lowest BCUT2D eigenvalue weighted by Gasteiger charge is -1.99. The van der Waals surface area contributed by atoms with Crippen LogP contribution in [0, 0.1) is 18.2 Å². The van der Waals surface area contributed by atoms with Crippen molar-refractivity contribution in [2.45, 2.75) is 0 Å². The highest BCUT2D eigenvalue weighted by atomic mass is 14.0. The Morgan fingerprint density at radius 1 is 0.786 bits per heavy atom. The van der Waals surface area contributed by atoms with Gasteiger partial charge >= 0.3 is 0 Å². The normalized spacial score (nSPS) is 10.9. The summed E-state index contributed by atoms with van der Waals surface area (Å²) in [5.41, 5.74) is 0. The molecule has 3 rings (SSSR count). The van der Waals surface area contributed by atoms with Gasteiger partial charge in [0.1, 0.15) is 0 Å². The first-order valence-corrected chi connectivity index (χ1v) is 4.57. The molecule has 0 unspecified atom stereocenters. The van der Waals surface area contributed by atoms with E-state index in [-0.39, 0.29) is 0 Å². The first-order valence-electron chi connectivity index (χ1n) is 4.57. The van der Waals surface area contributed by atoms with Crippen molar-refractivity contribution in [2.24, 2.45) is 0 Å². The topological polar surface area (TPSA) is 0 Å². The van der Waals surface area contributed by atoms with Crippen LogP contribution in [0.1, 0.15) is 0 Å². The quantitative estimate of drug-likeness (QED) is 0.459. The fraction of sp³-hybridized carbons (Fsp3) is 0. The van der Waals surface area contributed by atoms with E-state index in [9.17, 15) is 0 Å². The molecule has 3 radical (unpaired) electrons. The van der Waals surface area contributed by atoms with E-state index >= 15 is 0 Å². The summed E-state index contributed by atoms with van der Waals surface area (Å²) >= 11 is 0. The number of hydrogen-bond donors (Lipinski definition) is 0. The maximum Gasteiger partial charge on any atom is -0.000138 e. The molecule has 0 aromatic heterocycles. The minimum absolute atomic E-state index is 1.03. The second-order valence-electron chi connectivity index (χ2n) is 3.27. The SMILES string of the molecule is [c]1cccc2cc3ccc[c]c3[c]c12. The molecule has 0 amide bonds. The Hall–Kier alpha value is -1.82. The molecule has 0 heteroatoms. The molecule has 14 heavy (non-hydrogen) atoms. The highest BCUT2D eigenvalue weighted by molar-refractivity contribution is 5.96. The smallest absolute Gasteiger partial charge is 0.000138 e. The maximum atomic E-state index is 3.30. The monoisotopic (exact) mass is 175 g/mol. The predicted octanol–water partition coefficient (Wildman–Crippen LogP) is 3.39.